The summed E-state index contributed by atoms with van der Waals surface area (Å²) in [6.07, 6.45) is 0. The van der Waals surface area contributed by atoms with Gasteiger partial charge < -0.3 is 4.43 Å². The van der Waals surface area contributed by atoms with Crippen LogP contribution in [0.3, 0.4) is 0 Å². The molecule has 2 aromatic carbocycles. The lowest BCUT2D eigenvalue weighted by Crippen LogP contribution is -2.11. The fraction of sp³-hybridized carbons (Fsp3) is 0.143. The third-order valence-electron chi connectivity index (χ3n) is 3.64. The van der Waals surface area contributed by atoms with Gasteiger partial charge >= 0.3 is 0 Å². The minimum absolute atomic E-state index is 0.838. The number of aromatic nitrogens is 1. The van der Waals surface area contributed by atoms with Gasteiger partial charge in [-0.05, 0) is 44.3 Å². The molecule has 25 heavy (non-hydrogen) atoms. The molecule has 0 unspecified atom stereocenters. The molecule has 0 atom stereocenters. The fourth-order valence-corrected chi connectivity index (χ4v) is 3.27. The Balaban J connectivity index is 2.14. The number of aliphatic imine (C=N–C) groups is 1. The van der Waals surface area contributed by atoms with Crippen LogP contribution in [0.15, 0.2) is 77.8 Å². The predicted molar refractivity (Wildman–Crippen MR) is 107 cm³/mol. The van der Waals surface area contributed by atoms with Crippen LogP contribution < -0.4 is 4.43 Å². The van der Waals surface area contributed by atoms with Crippen LogP contribution in [-0.2, 0) is 0 Å². The molecular formula is C21H22N2OSi. The molecule has 0 spiro atoms. The molecule has 1 aromatic heterocycles. The van der Waals surface area contributed by atoms with Crippen molar-refractivity contribution in [3.8, 4) is 5.75 Å². The van der Waals surface area contributed by atoms with Gasteiger partial charge in [-0.3, -0.25) is 4.98 Å². The molecule has 0 aliphatic heterocycles. The first kappa shape index (κ1) is 17.1. The number of nitrogens with zero attached hydrogens (tertiary/aromatic N) is 2. The topological polar surface area (TPSA) is 34.5 Å². The highest BCUT2D eigenvalue weighted by Gasteiger charge is 2.11. The molecule has 0 aliphatic rings. The van der Waals surface area contributed by atoms with Gasteiger partial charge in [0, 0.05) is 11.3 Å². The monoisotopic (exact) mass is 346 g/mol. The van der Waals surface area contributed by atoms with Gasteiger partial charge in [0.05, 0.1) is 11.4 Å². The molecule has 3 rings (SSSR count). The molecule has 0 saturated heterocycles. The van der Waals surface area contributed by atoms with Crippen molar-refractivity contribution in [3.05, 3.63) is 89.7 Å². The summed E-state index contributed by atoms with van der Waals surface area (Å²) in [5.74, 6) is 0.838. The summed E-state index contributed by atoms with van der Waals surface area (Å²) in [5, 5.41) is 0. The lowest BCUT2D eigenvalue weighted by Gasteiger charge is -2.13. The van der Waals surface area contributed by atoms with Crippen molar-refractivity contribution in [2.75, 3.05) is 0 Å². The minimum Gasteiger partial charge on any atom is -0.546 e. The first-order valence-electron chi connectivity index (χ1n) is 8.47. The lowest BCUT2D eigenvalue weighted by atomic mass is 10.1. The average molecular weight is 347 g/mol. The number of pyridine rings is 1. The molecule has 3 aromatic rings. The maximum Gasteiger partial charge on any atom is 0.229 e. The van der Waals surface area contributed by atoms with E-state index in [0.29, 0.717) is 0 Å². The van der Waals surface area contributed by atoms with Gasteiger partial charge in [-0.15, -0.1) is 0 Å². The van der Waals surface area contributed by atoms with Crippen LogP contribution >= 0.6 is 0 Å². The van der Waals surface area contributed by atoms with Crippen LogP contribution in [0.1, 0.15) is 17.0 Å². The van der Waals surface area contributed by atoms with E-state index < -0.39 is 9.04 Å². The third kappa shape index (κ3) is 4.42. The molecule has 4 heteroatoms. The number of benzene rings is 2. The molecule has 0 bridgehead atoms. The van der Waals surface area contributed by atoms with E-state index in [1.54, 1.807) is 0 Å². The van der Waals surface area contributed by atoms with Crippen LogP contribution in [0.5, 0.6) is 5.75 Å². The summed E-state index contributed by atoms with van der Waals surface area (Å²) in [6.45, 7) is 6.30. The van der Waals surface area contributed by atoms with Crippen molar-refractivity contribution in [1.29, 1.82) is 0 Å². The number of hydrogen-bond donors (Lipinski definition) is 0. The Hall–Kier alpha value is -2.72. The van der Waals surface area contributed by atoms with Gasteiger partial charge in [0.15, 0.2) is 0 Å². The first-order chi connectivity index (χ1) is 12.1. The van der Waals surface area contributed by atoms with Crippen molar-refractivity contribution in [1.82, 2.24) is 4.98 Å². The maximum atomic E-state index is 6.05. The standard InChI is InChI=1S/C21H22N2OSi/c1-16-10-9-14-19(22-16)21(17-11-5-4-6-12-17)23-18-13-7-8-15-20(18)24-25(2)3/h4-15,25H,1-3H3. The van der Waals surface area contributed by atoms with Gasteiger partial charge in [-0.25, -0.2) is 4.99 Å². The summed E-state index contributed by atoms with van der Waals surface area (Å²) in [6, 6.07) is 24.1. The quantitative estimate of drug-likeness (QED) is 0.485. The van der Waals surface area contributed by atoms with Crippen molar-refractivity contribution in [2.45, 2.75) is 20.0 Å². The number of aryl methyl sites for hydroxylation is 1. The highest BCUT2D eigenvalue weighted by molar-refractivity contribution is 6.49. The summed E-state index contributed by atoms with van der Waals surface area (Å²) >= 11 is 0. The summed E-state index contributed by atoms with van der Waals surface area (Å²) in [7, 11) is -1.21. The van der Waals surface area contributed by atoms with E-state index in [0.717, 1.165) is 34.1 Å². The Morgan fingerprint density at radius 1 is 0.880 bits per heavy atom. The molecular weight excluding hydrogens is 324 g/mol. The molecule has 0 fully saturated rings. The zero-order valence-electron chi connectivity index (χ0n) is 14.8. The van der Waals surface area contributed by atoms with E-state index in [1.165, 1.54) is 0 Å². The van der Waals surface area contributed by atoms with Crippen molar-refractivity contribution >= 4 is 20.4 Å². The molecule has 0 saturated carbocycles. The first-order valence-corrected chi connectivity index (χ1v) is 11.3. The molecule has 1 heterocycles. The SMILES string of the molecule is Cc1cccc(C(=Nc2ccccc2O[SiH](C)C)c2ccccc2)n1. The molecule has 3 nitrogen and oxygen atoms in total. The predicted octanol–water partition coefficient (Wildman–Crippen LogP) is 4.92. The Morgan fingerprint density at radius 2 is 1.60 bits per heavy atom. The van der Waals surface area contributed by atoms with E-state index in [2.05, 4.69) is 30.2 Å². The highest BCUT2D eigenvalue weighted by atomic mass is 28.3. The molecule has 0 N–H and O–H groups in total. The zero-order valence-corrected chi connectivity index (χ0v) is 16.0. The second-order valence-corrected chi connectivity index (χ2v) is 8.46. The Bertz CT molecular complexity index is 876. The molecule has 0 radical (unpaired) electrons. The van der Waals surface area contributed by atoms with E-state index in [9.17, 15) is 0 Å². The van der Waals surface area contributed by atoms with E-state index in [4.69, 9.17) is 9.42 Å². The van der Waals surface area contributed by atoms with E-state index in [-0.39, 0.29) is 0 Å². The van der Waals surface area contributed by atoms with Crippen LogP contribution in [0.25, 0.3) is 0 Å². The van der Waals surface area contributed by atoms with Crippen LogP contribution in [0, 0.1) is 6.92 Å². The van der Waals surface area contributed by atoms with Gasteiger partial charge in [-0.1, -0.05) is 48.5 Å². The van der Waals surface area contributed by atoms with Crippen molar-refractivity contribution in [3.63, 3.8) is 0 Å². The molecule has 0 amide bonds. The number of para-hydroxylation sites is 2. The Labute approximate surface area is 150 Å². The largest absolute Gasteiger partial charge is 0.546 e. The third-order valence-corrected chi connectivity index (χ3v) is 4.36. The van der Waals surface area contributed by atoms with Crippen LogP contribution in [0.4, 0.5) is 5.69 Å². The smallest absolute Gasteiger partial charge is 0.229 e. The van der Waals surface area contributed by atoms with Gasteiger partial charge in [-0.2, -0.15) is 0 Å². The number of hydrogen-bond acceptors (Lipinski definition) is 3. The maximum absolute atomic E-state index is 6.05. The summed E-state index contributed by atoms with van der Waals surface area (Å²) < 4.78 is 6.05. The second kappa shape index (κ2) is 7.90. The fourth-order valence-electron chi connectivity index (χ4n) is 2.56. The zero-order chi connectivity index (χ0) is 17.6. The van der Waals surface area contributed by atoms with Crippen LogP contribution in [-0.4, -0.2) is 19.7 Å². The Kier molecular flexibility index (Phi) is 5.41. The second-order valence-electron chi connectivity index (χ2n) is 6.12. The average Bonchev–Trinajstić information content (AvgIpc) is 2.61. The van der Waals surface area contributed by atoms with Crippen LogP contribution in [0.2, 0.25) is 13.1 Å². The normalized spacial score (nSPS) is 11.6. The van der Waals surface area contributed by atoms with Gasteiger partial charge in [0.25, 0.3) is 0 Å². The summed E-state index contributed by atoms with van der Waals surface area (Å²) in [5.41, 5.74) is 4.57. The number of rotatable bonds is 5. The van der Waals surface area contributed by atoms with E-state index >= 15 is 0 Å². The van der Waals surface area contributed by atoms with Crippen molar-refractivity contribution in [2.24, 2.45) is 4.99 Å². The minimum atomic E-state index is -1.21. The van der Waals surface area contributed by atoms with Gasteiger partial charge in [0.2, 0.25) is 9.04 Å². The summed E-state index contributed by atoms with van der Waals surface area (Å²) in [4.78, 5) is 9.62. The lowest BCUT2D eigenvalue weighted by molar-refractivity contribution is 0.582. The van der Waals surface area contributed by atoms with Crippen molar-refractivity contribution < 1.29 is 4.43 Å². The molecule has 0 aliphatic carbocycles. The molecule has 126 valence electrons. The Morgan fingerprint density at radius 3 is 2.32 bits per heavy atom. The van der Waals surface area contributed by atoms with Gasteiger partial charge in [0.1, 0.15) is 11.4 Å². The highest BCUT2D eigenvalue weighted by Crippen LogP contribution is 2.29. The van der Waals surface area contributed by atoms with E-state index in [1.807, 2.05) is 67.6 Å².